The molecular formula is C12H10Cl3N. The molecule has 16 heavy (non-hydrogen) atoms. The minimum Gasteiger partial charge on any atom is -0.236 e. The summed E-state index contributed by atoms with van der Waals surface area (Å²) in [6, 6.07) is 5.78. The molecule has 0 aliphatic carbocycles. The van der Waals surface area contributed by atoms with Crippen molar-refractivity contribution in [1.82, 2.24) is 4.98 Å². The van der Waals surface area contributed by atoms with Gasteiger partial charge in [0.1, 0.15) is 5.15 Å². The van der Waals surface area contributed by atoms with E-state index >= 15 is 0 Å². The Morgan fingerprint density at radius 1 is 1.19 bits per heavy atom. The van der Waals surface area contributed by atoms with Crippen LogP contribution >= 0.6 is 34.8 Å². The Morgan fingerprint density at radius 3 is 2.62 bits per heavy atom. The Balaban J connectivity index is 2.69. The molecule has 1 aromatic heterocycles. The molecule has 0 atom stereocenters. The third kappa shape index (κ3) is 2.27. The van der Waals surface area contributed by atoms with E-state index < -0.39 is 0 Å². The molecule has 0 amide bonds. The molecule has 2 aromatic rings. The van der Waals surface area contributed by atoms with Gasteiger partial charge < -0.3 is 0 Å². The lowest BCUT2D eigenvalue weighted by atomic mass is 10.1. The van der Waals surface area contributed by atoms with Crippen molar-refractivity contribution in [2.24, 2.45) is 0 Å². The second-order valence-electron chi connectivity index (χ2n) is 3.67. The van der Waals surface area contributed by atoms with Gasteiger partial charge >= 0.3 is 0 Å². The quantitative estimate of drug-likeness (QED) is 0.575. The smallest absolute Gasteiger partial charge is 0.133 e. The lowest BCUT2D eigenvalue weighted by Gasteiger charge is -2.07. The lowest BCUT2D eigenvalue weighted by Crippen LogP contribution is -1.93. The first-order valence-electron chi connectivity index (χ1n) is 4.93. The molecule has 0 spiro atoms. The van der Waals surface area contributed by atoms with Crippen molar-refractivity contribution in [1.29, 1.82) is 0 Å². The molecule has 0 N–H and O–H groups in total. The van der Waals surface area contributed by atoms with Gasteiger partial charge in [-0.1, -0.05) is 23.2 Å². The van der Waals surface area contributed by atoms with Gasteiger partial charge in [-0.05, 0) is 42.7 Å². The Hall–Kier alpha value is -0.500. The van der Waals surface area contributed by atoms with Crippen LogP contribution in [0.1, 0.15) is 11.1 Å². The highest BCUT2D eigenvalue weighted by atomic mass is 35.5. The number of hydrogen-bond donors (Lipinski definition) is 0. The van der Waals surface area contributed by atoms with Crippen LogP contribution in [0.25, 0.3) is 10.9 Å². The first-order valence-corrected chi connectivity index (χ1v) is 6.22. The van der Waals surface area contributed by atoms with Gasteiger partial charge in [0.05, 0.1) is 5.52 Å². The van der Waals surface area contributed by atoms with E-state index in [1.807, 2.05) is 25.1 Å². The zero-order chi connectivity index (χ0) is 11.7. The molecule has 0 unspecified atom stereocenters. The van der Waals surface area contributed by atoms with E-state index in [9.17, 15) is 0 Å². The van der Waals surface area contributed by atoms with Crippen molar-refractivity contribution < 1.29 is 0 Å². The third-order valence-electron chi connectivity index (χ3n) is 2.46. The molecule has 0 saturated heterocycles. The van der Waals surface area contributed by atoms with Gasteiger partial charge in [0.25, 0.3) is 0 Å². The normalized spacial score (nSPS) is 11.0. The molecule has 1 nitrogen and oxygen atoms in total. The summed E-state index contributed by atoms with van der Waals surface area (Å²) in [5, 5.41) is 2.25. The highest BCUT2D eigenvalue weighted by Crippen LogP contribution is 2.26. The summed E-state index contributed by atoms with van der Waals surface area (Å²) in [5.41, 5.74) is 2.89. The molecular weight excluding hydrogens is 264 g/mol. The van der Waals surface area contributed by atoms with Crippen LogP contribution in [-0.4, -0.2) is 10.9 Å². The van der Waals surface area contributed by atoms with Crippen LogP contribution in [0, 0.1) is 6.92 Å². The maximum absolute atomic E-state index is 6.09. The van der Waals surface area contributed by atoms with E-state index in [1.54, 1.807) is 0 Å². The van der Waals surface area contributed by atoms with Gasteiger partial charge in [-0.2, -0.15) is 0 Å². The molecule has 0 radical (unpaired) electrons. The fourth-order valence-corrected chi connectivity index (χ4v) is 2.44. The maximum Gasteiger partial charge on any atom is 0.133 e. The van der Waals surface area contributed by atoms with E-state index in [4.69, 9.17) is 34.8 Å². The van der Waals surface area contributed by atoms with Crippen LogP contribution in [0.4, 0.5) is 0 Å². The first-order chi connectivity index (χ1) is 7.61. The number of hydrogen-bond acceptors (Lipinski definition) is 1. The van der Waals surface area contributed by atoms with Crippen molar-refractivity contribution in [3.8, 4) is 0 Å². The molecule has 1 heterocycles. The summed E-state index contributed by atoms with van der Waals surface area (Å²) in [6.45, 7) is 1.97. The van der Waals surface area contributed by atoms with Crippen LogP contribution in [0.3, 0.4) is 0 Å². The number of rotatable bonds is 2. The van der Waals surface area contributed by atoms with E-state index in [0.717, 1.165) is 28.5 Å². The predicted molar refractivity (Wildman–Crippen MR) is 70.9 cm³/mol. The number of nitrogens with zero attached hydrogens (tertiary/aromatic N) is 1. The monoisotopic (exact) mass is 273 g/mol. The van der Waals surface area contributed by atoms with E-state index in [0.29, 0.717) is 16.1 Å². The number of aromatic nitrogens is 1. The number of benzene rings is 1. The lowest BCUT2D eigenvalue weighted by molar-refractivity contribution is 1.13. The van der Waals surface area contributed by atoms with Gasteiger partial charge in [-0.25, -0.2) is 4.98 Å². The molecule has 1 aromatic carbocycles. The summed E-state index contributed by atoms with van der Waals surface area (Å²) in [5.74, 6) is 0.534. The number of fused-ring (bicyclic) bond motifs is 1. The van der Waals surface area contributed by atoms with Crippen LogP contribution in [-0.2, 0) is 6.42 Å². The molecule has 0 saturated carbocycles. The summed E-state index contributed by atoms with van der Waals surface area (Å²) in [4.78, 5) is 4.38. The van der Waals surface area contributed by atoms with E-state index in [1.165, 1.54) is 0 Å². The highest BCUT2D eigenvalue weighted by molar-refractivity contribution is 6.32. The Morgan fingerprint density at radius 2 is 1.94 bits per heavy atom. The predicted octanol–water partition coefficient (Wildman–Crippen LogP) is 4.63. The molecule has 0 aliphatic heterocycles. The average molecular weight is 275 g/mol. The van der Waals surface area contributed by atoms with Gasteiger partial charge in [0.2, 0.25) is 0 Å². The third-order valence-corrected chi connectivity index (χ3v) is 3.20. The minimum absolute atomic E-state index is 0.526. The molecule has 0 aliphatic rings. The first kappa shape index (κ1) is 12.0. The molecule has 0 fully saturated rings. The van der Waals surface area contributed by atoms with Gasteiger partial charge in [-0.15, -0.1) is 11.6 Å². The van der Waals surface area contributed by atoms with Gasteiger partial charge in [-0.3, -0.25) is 0 Å². The zero-order valence-corrected chi connectivity index (χ0v) is 11.0. The summed E-state index contributed by atoms with van der Waals surface area (Å²) in [7, 11) is 0. The van der Waals surface area contributed by atoms with Crippen molar-refractivity contribution in [2.75, 3.05) is 5.88 Å². The summed E-state index contributed by atoms with van der Waals surface area (Å²) < 4.78 is 0. The second-order valence-corrected chi connectivity index (χ2v) is 4.84. The average Bonchev–Trinajstić information content (AvgIpc) is 2.21. The SMILES string of the molecule is Cc1cc(Cl)cc2cc(CCCl)c(Cl)nc12. The topological polar surface area (TPSA) is 12.9 Å². The Labute approximate surface area is 109 Å². The molecule has 0 bridgehead atoms. The van der Waals surface area contributed by atoms with Crippen molar-refractivity contribution in [2.45, 2.75) is 13.3 Å². The van der Waals surface area contributed by atoms with Crippen molar-refractivity contribution in [3.63, 3.8) is 0 Å². The van der Waals surface area contributed by atoms with E-state index in [-0.39, 0.29) is 0 Å². The Kier molecular flexibility index (Phi) is 3.58. The fraction of sp³-hybridized carbons (Fsp3) is 0.250. The zero-order valence-electron chi connectivity index (χ0n) is 8.73. The maximum atomic E-state index is 6.09. The van der Waals surface area contributed by atoms with Gasteiger partial charge in [0.15, 0.2) is 0 Å². The largest absolute Gasteiger partial charge is 0.236 e. The standard InChI is InChI=1S/C12H10Cl3N/c1-7-4-10(14)6-9-5-8(2-3-13)12(15)16-11(7)9/h4-6H,2-3H2,1H3. The van der Waals surface area contributed by atoms with Crippen LogP contribution in [0.5, 0.6) is 0 Å². The highest BCUT2D eigenvalue weighted by Gasteiger charge is 2.07. The second kappa shape index (κ2) is 4.79. The molecule has 2 rings (SSSR count). The van der Waals surface area contributed by atoms with Crippen molar-refractivity contribution in [3.05, 3.63) is 39.5 Å². The number of aryl methyl sites for hydroxylation is 2. The van der Waals surface area contributed by atoms with Crippen LogP contribution in [0.2, 0.25) is 10.2 Å². The Bertz CT molecular complexity index is 537. The summed E-state index contributed by atoms with van der Waals surface area (Å²) in [6.07, 6.45) is 0.717. The minimum atomic E-state index is 0.526. The van der Waals surface area contributed by atoms with Crippen LogP contribution in [0.15, 0.2) is 18.2 Å². The van der Waals surface area contributed by atoms with Crippen LogP contribution < -0.4 is 0 Å². The molecule has 84 valence electrons. The molecule has 4 heteroatoms. The number of pyridine rings is 1. The number of halogens is 3. The van der Waals surface area contributed by atoms with Gasteiger partial charge in [0, 0.05) is 16.3 Å². The number of alkyl halides is 1. The van der Waals surface area contributed by atoms with E-state index in [2.05, 4.69) is 4.98 Å². The summed E-state index contributed by atoms with van der Waals surface area (Å²) >= 11 is 17.8. The fourth-order valence-electron chi connectivity index (χ4n) is 1.72. The van der Waals surface area contributed by atoms with Crippen molar-refractivity contribution >= 4 is 45.7 Å².